The van der Waals surface area contributed by atoms with E-state index in [-0.39, 0.29) is 0 Å². The number of hydrogen-bond donors (Lipinski definition) is 1. The first-order valence-corrected chi connectivity index (χ1v) is 1.62. The molecule has 0 bridgehead atoms. The third-order valence-corrected chi connectivity index (χ3v) is 0.469. The van der Waals surface area contributed by atoms with Gasteiger partial charge in [-0.15, -0.1) is 0 Å². The lowest BCUT2D eigenvalue weighted by atomic mass is 10.4. The minimum atomic E-state index is -3.64. The van der Waals surface area contributed by atoms with Crippen molar-refractivity contribution in [3.05, 3.63) is 0 Å². The highest BCUT2D eigenvalue weighted by molar-refractivity contribution is 5.82. The van der Waals surface area contributed by atoms with Crippen LogP contribution in [0.5, 0.6) is 0 Å². The predicted octanol–water partition coefficient (Wildman–Crippen LogP) is 0.127. The lowest BCUT2D eigenvalue weighted by molar-refractivity contribution is -0.139. The second-order valence-electron chi connectivity index (χ2n) is 1.18. The number of halogens is 2. The van der Waals surface area contributed by atoms with E-state index in [9.17, 15) is 13.6 Å². The lowest BCUT2D eigenvalue weighted by Gasteiger charge is -2.01. The largest absolute Gasteiger partial charge is 0.359 e. The summed E-state index contributed by atoms with van der Waals surface area (Å²) < 4.78 is 22.5. The van der Waals surface area contributed by atoms with Crippen molar-refractivity contribution in [1.29, 1.82) is 0 Å². The molecule has 0 fully saturated rings. The molecule has 42 valence electrons. The molecular formula is C3H5F2NO. The van der Waals surface area contributed by atoms with Crippen molar-refractivity contribution in [2.75, 3.05) is 0 Å². The minimum Gasteiger partial charge on any atom is -0.292 e. The van der Waals surface area contributed by atoms with Gasteiger partial charge in [0.15, 0.2) is 0 Å². The molecule has 7 heavy (non-hydrogen) atoms. The maximum absolute atomic E-state index is 11.3. The van der Waals surface area contributed by atoms with Crippen molar-refractivity contribution < 1.29 is 13.6 Å². The van der Waals surface area contributed by atoms with Crippen LogP contribution in [0, 0.1) is 0 Å². The van der Waals surface area contributed by atoms with Gasteiger partial charge >= 0.3 is 6.05 Å². The Bertz CT molecular complexity index is 85.4. The molecule has 0 saturated carbocycles. The first kappa shape index (κ1) is 6.49. The average Bonchev–Trinajstić information content (AvgIpc) is 1.31. The number of Topliss-reactive ketones (excluding diaryl/α,β-unsaturated/α-hetero) is 1. The Kier molecular flexibility index (Phi) is 1.42. The van der Waals surface area contributed by atoms with E-state index in [1.54, 1.807) is 0 Å². The molecule has 0 spiro atoms. The number of carbonyl (C=O) groups excluding carboxylic acids is 1. The smallest absolute Gasteiger partial charge is 0.292 e. The summed E-state index contributed by atoms with van der Waals surface area (Å²) in [6.45, 7) is 0.736. The van der Waals surface area contributed by atoms with Crippen LogP contribution in [0.15, 0.2) is 0 Å². The van der Waals surface area contributed by atoms with Gasteiger partial charge in [0.1, 0.15) is 0 Å². The van der Waals surface area contributed by atoms with E-state index < -0.39 is 11.8 Å². The van der Waals surface area contributed by atoms with Gasteiger partial charge in [0.05, 0.1) is 0 Å². The molecule has 0 atom stereocenters. The number of alkyl halides is 2. The van der Waals surface area contributed by atoms with Crippen molar-refractivity contribution in [3.8, 4) is 0 Å². The quantitative estimate of drug-likeness (QED) is 0.486. The van der Waals surface area contributed by atoms with Crippen molar-refractivity contribution in [2.45, 2.75) is 13.0 Å². The van der Waals surface area contributed by atoms with Crippen LogP contribution in [0.2, 0.25) is 0 Å². The first-order valence-electron chi connectivity index (χ1n) is 1.62. The number of rotatable bonds is 1. The van der Waals surface area contributed by atoms with Gasteiger partial charge < -0.3 is 0 Å². The van der Waals surface area contributed by atoms with E-state index in [2.05, 4.69) is 5.73 Å². The van der Waals surface area contributed by atoms with Crippen LogP contribution in [-0.2, 0) is 4.79 Å². The fourth-order valence-electron chi connectivity index (χ4n) is 0. The summed E-state index contributed by atoms with van der Waals surface area (Å²) in [4.78, 5) is 9.59. The molecule has 0 aromatic heterocycles. The predicted molar refractivity (Wildman–Crippen MR) is 19.8 cm³/mol. The fourth-order valence-corrected chi connectivity index (χ4v) is 0. The fraction of sp³-hybridized carbons (Fsp3) is 0.667. The van der Waals surface area contributed by atoms with Gasteiger partial charge in [-0.25, -0.2) is 0 Å². The van der Waals surface area contributed by atoms with Crippen LogP contribution in [0.3, 0.4) is 0 Å². The van der Waals surface area contributed by atoms with Gasteiger partial charge in [-0.1, -0.05) is 0 Å². The van der Waals surface area contributed by atoms with Gasteiger partial charge in [0.2, 0.25) is 5.78 Å². The van der Waals surface area contributed by atoms with Crippen molar-refractivity contribution in [2.24, 2.45) is 5.73 Å². The van der Waals surface area contributed by atoms with E-state index in [1.807, 2.05) is 0 Å². The molecule has 0 aromatic carbocycles. The normalized spacial score (nSPS) is 11.4. The zero-order valence-corrected chi connectivity index (χ0v) is 3.74. The average molecular weight is 109 g/mol. The topological polar surface area (TPSA) is 43.1 Å². The Balaban J connectivity index is 3.79. The van der Waals surface area contributed by atoms with E-state index in [4.69, 9.17) is 0 Å². The summed E-state index contributed by atoms with van der Waals surface area (Å²) in [5, 5.41) is 0. The van der Waals surface area contributed by atoms with Crippen LogP contribution in [-0.4, -0.2) is 11.8 Å². The van der Waals surface area contributed by atoms with E-state index in [0.717, 1.165) is 6.92 Å². The van der Waals surface area contributed by atoms with E-state index >= 15 is 0 Å². The Morgan fingerprint density at radius 1 is 1.71 bits per heavy atom. The summed E-state index contributed by atoms with van der Waals surface area (Å²) in [5.41, 5.74) is 4.00. The molecule has 2 nitrogen and oxygen atoms in total. The highest BCUT2D eigenvalue weighted by atomic mass is 19.3. The van der Waals surface area contributed by atoms with Gasteiger partial charge in [0, 0.05) is 6.92 Å². The monoisotopic (exact) mass is 109 g/mol. The molecule has 0 aliphatic carbocycles. The first-order chi connectivity index (χ1) is 2.94. The van der Waals surface area contributed by atoms with Crippen LogP contribution < -0.4 is 5.73 Å². The summed E-state index contributed by atoms with van der Waals surface area (Å²) >= 11 is 0. The molecule has 4 heteroatoms. The van der Waals surface area contributed by atoms with Crippen molar-refractivity contribution >= 4 is 5.78 Å². The summed E-state index contributed by atoms with van der Waals surface area (Å²) in [6, 6.07) is -3.64. The zero-order valence-electron chi connectivity index (χ0n) is 3.74. The molecule has 0 saturated heterocycles. The van der Waals surface area contributed by atoms with Crippen LogP contribution >= 0.6 is 0 Å². The Morgan fingerprint density at radius 2 is 1.86 bits per heavy atom. The SMILES string of the molecule is CC(=O)C(N)(F)F. The maximum Gasteiger partial charge on any atom is 0.359 e. The van der Waals surface area contributed by atoms with Gasteiger partial charge in [0.25, 0.3) is 0 Å². The second kappa shape index (κ2) is 1.54. The molecule has 0 heterocycles. The van der Waals surface area contributed by atoms with E-state index in [1.165, 1.54) is 0 Å². The number of ketones is 1. The summed E-state index contributed by atoms with van der Waals surface area (Å²) in [5.74, 6) is -1.31. The third kappa shape index (κ3) is 2.22. The van der Waals surface area contributed by atoms with Gasteiger partial charge in [-0.05, 0) is 0 Å². The molecule has 0 aliphatic rings. The molecule has 0 rings (SSSR count). The number of hydrogen-bond acceptors (Lipinski definition) is 2. The van der Waals surface area contributed by atoms with Crippen molar-refractivity contribution in [3.63, 3.8) is 0 Å². The van der Waals surface area contributed by atoms with E-state index in [0.29, 0.717) is 0 Å². The lowest BCUT2D eigenvalue weighted by Crippen LogP contribution is -2.36. The highest BCUT2D eigenvalue weighted by Gasteiger charge is 2.27. The van der Waals surface area contributed by atoms with Gasteiger partial charge in [-0.2, -0.15) is 8.78 Å². The number of nitrogens with two attached hydrogens (primary N) is 1. The zero-order chi connectivity index (χ0) is 6.08. The number of carbonyl (C=O) groups is 1. The third-order valence-electron chi connectivity index (χ3n) is 0.469. The molecule has 0 unspecified atom stereocenters. The Morgan fingerprint density at radius 3 is 1.86 bits per heavy atom. The highest BCUT2D eigenvalue weighted by Crippen LogP contribution is 2.02. The van der Waals surface area contributed by atoms with Crippen LogP contribution in [0.4, 0.5) is 8.78 Å². The molecule has 0 aliphatic heterocycles. The molecule has 0 aromatic rings. The Labute approximate surface area is 39.3 Å². The molecule has 2 N–H and O–H groups in total. The molecule has 0 radical (unpaired) electrons. The second-order valence-corrected chi connectivity index (χ2v) is 1.18. The minimum absolute atomic E-state index is 0.736. The Hall–Kier alpha value is -0.510. The summed E-state index contributed by atoms with van der Waals surface area (Å²) in [7, 11) is 0. The molecule has 0 amide bonds. The maximum atomic E-state index is 11.3. The van der Waals surface area contributed by atoms with Crippen LogP contribution in [0.25, 0.3) is 0 Å². The molecular weight excluding hydrogens is 104 g/mol. The standard InChI is InChI=1S/C3H5F2NO/c1-2(7)3(4,5)6/h6H2,1H3. The summed E-state index contributed by atoms with van der Waals surface area (Å²) in [6.07, 6.45) is 0. The van der Waals surface area contributed by atoms with Gasteiger partial charge in [-0.3, -0.25) is 10.5 Å². The van der Waals surface area contributed by atoms with Crippen LogP contribution in [0.1, 0.15) is 6.92 Å². The van der Waals surface area contributed by atoms with Crippen molar-refractivity contribution in [1.82, 2.24) is 0 Å².